The van der Waals surface area contributed by atoms with Gasteiger partial charge in [-0.15, -0.1) is 13.2 Å². The van der Waals surface area contributed by atoms with Gasteiger partial charge in [-0.05, 0) is 36.5 Å². The zero-order chi connectivity index (χ0) is 37.7. The van der Waals surface area contributed by atoms with E-state index < -0.39 is 66.3 Å². The Bertz CT molecular complexity index is 1790. The summed E-state index contributed by atoms with van der Waals surface area (Å²) in [4.78, 5) is 60.1. The molecule has 9 atom stereocenters. The lowest BCUT2D eigenvalue weighted by Crippen LogP contribution is -2.57. The van der Waals surface area contributed by atoms with Crippen LogP contribution in [-0.4, -0.2) is 80.4 Å². The van der Waals surface area contributed by atoms with Gasteiger partial charge in [-0.25, -0.2) is 0 Å². The highest BCUT2D eigenvalue weighted by Crippen LogP contribution is 2.61. The molecule has 2 N–H and O–H groups in total. The second-order valence-electron chi connectivity index (χ2n) is 14.0. The number of esters is 1. The van der Waals surface area contributed by atoms with Crippen molar-refractivity contribution in [3.05, 3.63) is 133 Å². The summed E-state index contributed by atoms with van der Waals surface area (Å²) in [5.41, 5.74) is 0.805. The highest BCUT2D eigenvalue weighted by molar-refractivity contribution is 9.09. The van der Waals surface area contributed by atoms with E-state index in [1.54, 1.807) is 36.1 Å². The van der Waals surface area contributed by atoms with E-state index >= 15 is 9.59 Å². The molecule has 3 aliphatic rings. The van der Waals surface area contributed by atoms with Gasteiger partial charge in [-0.3, -0.25) is 19.2 Å². The fourth-order valence-electron chi connectivity index (χ4n) is 8.29. The standard InChI is InChI=1S/C42H46BrN3O7/c1-4-6-22-33(48)44-27(3)36(30-20-14-9-15-21-30)52-41(51)34-35-39(49)46(32(26-47)29-18-12-8-13-19-29)38(42(35)24-31(43)37(34)53-42)40(50)45(23-5-2)25-28-16-10-7-11-17-28/h4-5,7-21,27,31-32,34-38,47H,1-2,6,22-26H2,3H3,(H,44,48)/t27-,31?,32+,34-,35+,36-,37-,38-,42+/m0/s1. The van der Waals surface area contributed by atoms with Crippen molar-refractivity contribution in [2.24, 2.45) is 11.8 Å². The number of allylic oxidation sites excluding steroid dienone is 1. The fraction of sp³-hybridized carbons (Fsp3) is 0.381. The number of hydrogen-bond acceptors (Lipinski definition) is 7. The Kier molecular flexibility index (Phi) is 12.0. The summed E-state index contributed by atoms with van der Waals surface area (Å²) in [6.07, 6.45) is 2.67. The van der Waals surface area contributed by atoms with Crippen LogP contribution in [0.3, 0.4) is 0 Å². The van der Waals surface area contributed by atoms with Crippen LogP contribution in [0, 0.1) is 11.8 Å². The molecule has 1 unspecified atom stereocenters. The highest BCUT2D eigenvalue weighted by Gasteiger charge is 2.77. The minimum absolute atomic E-state index is 0.198. The van der Waals surface area contributed by atoms with Crippen molar-refractivity contribution in [2.75, 3.05) is 13.2 Å². The molecule has 0 aliphatic carbocycles. The third-order valence-corrected chi connectivity index (χ3v) is 11.4. The first-order valence-electron chi connectivity index (χ1n) is 18.0. The van der Waals surface area contributed by atoms with Crippen molar-refractivity contribution in [3.63, 3.8) is 0 Å². The number of halogens is 1. The Balaban J connectivity index is 1.39. The van der Waals surface area contributed by atoms with Crippen molar-refractivity contribution in [1.29, 1.82) is 0 Å². The predicted molar refractivity (Wildman–Crippen MR) is 203 cm³/mol. The van der Waals surface area contributed by atoms with Crippen LogP contribution in [-0.2, 0) is 35.2 Å². The summed E-state index contributed by atoms with van der Waals surface area (Å²) in [7, 11) is 0. The topological polar surface area (TPSA) is 125 Å². The normalized spacial score (nSPS) is 25.9. The van der Waals surface area contributed by atoms with Crippen molar-refractivity contribution in [1.82, 2.24) is 15.1 Å². The maximum atomic E-state index is 15.0. The molecule has 1 spiro atoms. The van der Waals surface area contributed by atoms with Gasteiger partial charge in [0.25, 0.3) is 0 Å². The van der Waals surface area contributed by atoms with Crippen molar-refractivity contribution < 1.29 is 33.8 Å². The van der Waals surface area contributed by atoms with E-state index in [1.807, 2.05) is 78.9 Å². The Hall–Kier alpha value is -4.58. The Morgan fingerprint density at radius 1 is 1.02 bits per heavy atom. The second-order valence-corrected chi connectivity index (χ2v) is 15.1. The number of nitrogens with one attached hydrogen (secondary N) is 1. The molecular weight excluding hydrogens is 738 g/mol. The number of nitrogens with zero attached hydrogens (tertiary/aromatic N) is 2. The number of rotatable bonds is 16. The van der Waals surface area contributed by atoms with E-state index in [0.717, 1.165) is 5.56 Å². The molecule has 10 nitrogen and oxygen atoms in total. The average Bonchev–Trinajstić information content (AvgIpc) is 3.77. The first-order chi connectivity index (χ1) is 25.6. The maximum Gasteiger partial charge on any atom is 0.313 e. The van der Waals surface area contributed by atoms with Crippen LogP contribution in [0.2, 0.25) is 0 Å². The third-order valence-electron chi connectivity index (χ3n) is 10.6. The molecule has 3 saturated heterocycles. The highest BCUT2D eigenvalue weighted by atomic mass is 79.9. The summed E-state index contributed by atoms with van der Waals surface area (Å²) in [6.45, 7) is 9.35. The summed E-state index contributed by atoms with van der Waals surface area (Å²) in [5, 5.41) is 13.9. The quantitative estimate of drug-likeness (QED) is 0.113. The van der Waals surface area contributed by atoms with Crippen molar-refractivity contribution in [3.8, 4) is 0 Å². The number of hydrogen-bond donors (Lipinski definition) is 2. The van der Waals surface area contributed by atoms with Gasteiger partial charge in [-0.1, -0.05) is 119 Å². The van der Waals surface area contributed by atoms with Gasteiger partial charge in [0.1, 0.15) is 17.7 Å². The Morgan fingerprint density at radius 3 is 2.25 bits per heavy atom. The predicted octanol–water partition coefficient (Wildman–Crippen LogP) is 5.44. The Labute approximate surface area is 319 Å². The zero-order valence-electron chi connectivity index (χ0n) is 29.8. The molecule has 3 aliphatic heterocycles. The lowest BCUT2D eigenvalue weighted by Gasteiger charge is -2.39. The lowest BCUT2D eigenvalue weighted by molar-refractivity contribution is -0.162. The van der Waals surface area contributed by atoms with Crippen molar-refractivity contribution >= 4 is 39.6 Å². The van der Waals surface area contributed by atoms with Gasteiger partial charge in [-0.2, -0.15) is 0 Å². The summed E-state index contributed by atoms with van der Waals surface area (Å²) in [6, 6.07) is 25.1. The zero-order valence-corrected chi connectivity index (χ0v) is 31.3. The van der Waals surface area contributed by atoms with Crippen molar-refractivity contribution in [2.45, 2.75) is 73.5 Å². The number of likely N-dealkylation sites (tertiary alicyclic amines) is 1. The summed E-state index contributed by atoms with van der Waals surface area (Å²) < 4.78 is 13.1. The number of benzene rings is 3. The first kappa shape index (κ1) is 38.2. The molecule has 0 aromatic heterocycles. The molecule has 278 valence electrons. The number of carbonyl (C=O) groups is 4. The molecule has 6 rings (SSSR count). The molecule has 3 aromatic rings. The molecule has 53 heavy (non-hydrogen) atoms. The molecule has 3 aromatic carbocycles. The molecule has 0 radical (unpaired) electrons. The van der Waals surface area contributed by atoms with Crippen LogP contribution >= 0.6 is 15.9 Å². The number of aliphatic hydroxyl groups excluding tert-OH is 1. The first-order valence-corrected chi connectivity index (χ1v) is 19.0. The maximum absolute atomic E-state index is 15.0. The van der Waals surface area contributed by atoms with Crippen LogP contribution in [0.4, 0.5) is 0 Å². The SMILES string of the molecule is C=CCCC(=O)N[C@@H](C)[C@H](OC(=O)[C@@H]1[C@H]2O[C@@]3(CC2Br)[C@H](C(=O)N(CC=C)Cc2ccccc2)N([C@H](CO)c2ccccc2)C(=O)[C@@H]13)c1ccccc1. The van der Waals surface area contributed by atoms with Gasteiger partial charge in [0, 0.05) is 24.3 Å². The molecule has 0 saturated carbocycles. The summed E-state index contributed by atoms with van der Waals surface area (Å²) >= 11 is 3.75. The molecule has 2 bridgehead atoms. The smallest absolute Gasteiger partial charge is 0.313 e. The minimum atomic E-state index is -1.40. The van der Waals surface area contributed by atoms with Crippen LogP contribution in [0.15, 0.2) is 116 Å². The number of amides is 3. The molecule has 3 heterocycles. The van der Waals surface area contributed by atoms with Crippen LogP contribution in [0.25, 0.3) is 0 Å². The Morgan fingerprint density at radius 2 is 1.64 bits per heavy atom. The van der Waals surface area contributed by atoms with E-state index in [9.17, 15) is 14.7 Å². The van der Waals surface area contributed by atoms with E-state index in [0.29, 0.717) is 17.5 Å². The average molecular weight is 785 g/mol. The van der Waals surface area contributed by atoms with E-state index in [-0.39, 0.29) is 42.6 Å². The molecule has 11 heteroatoms. The molecule has 3 fully saturated rings. The van der Waals surface area contributed by atoms with Crippen LogP contribution in [0.5, 0.6) is 0 Å². The molecular formula is C42H46BrN3O7. The van der Waals surface area contributed by atoms with Gasteiger partial charge in [0.15, 0.2) is 0 Å². The third kappa shape index (κ3) is 7.47. The number of ether oxygens (including phenoxy) is 2. The number of carbonyl (C=O) groups excluding carboxylic acids is 4. The lowest BCUT2D eigenvalue weighted by atomic mass is 9.70. The van der Waals surface area contributed by atoms with Crippen LogP contribution in [0.1, 0.15) is 55.0 Å². The second kappa shape index (κ2) is 16.6. The van der Waals surface area contributed by atoms with E-state index in [1.165, 1.54) is 4.90 Å². The molecule has 3 amide bonds. The monoisotopic (exact) mass is 783 g/mol. The number of fused-ring (bicyclic) bond motifs is 1. The number of alkyl halides is 1. The van der Waals surface area contributed by atoms with Gasteiger partial charge in [0.2, 0.25) is 17.7 Å². The van der Waals surface area contributed by atoms with Gasteiger partial charge >= 0.3 is 5.97 Å². The fourth-order valence-corrected chi connectivity index (χ4v) is 9.23. The van der Waals surface area contributed by atoms with Gasteiger partial charge < -0.3 is 29.7 Å². The van der Waals surface area contributed by atoms with Crippen LogP contribution < -0.4 is 5.32 Å². The minimum Gasteiger partial charge on any atom is -0.455 e. The number of aliphatic hydroxyl groups is 1. The summed E-state index contributed by atoms with van der Waals surface area (Å²) in [5.74, 6) is -3.86. The largest absolute Gasteiger partial charge is 0.455 e. The van der Waals surface area contributed by atoms with E-state index in [4.69, 9.17) is 9.47 Å². The van der Waals surface area contributed by atoms with Gasteiger partial charge in [0.05, 0.1) is 36.6 Å². The van der Waals surface area contributed by atoms with E-state index in [2.05, 4.69) is 34.4 Å².